The maximum absolute atomic E-state index is 9.46. The SMILES string of the molecule is [2H][13C]([2H])([2H])C(=O)O.[Na]. The molecule has 1 N–H and O–H groups in total. The molecule has 1 radical (unpaired) electrons. The third-order valence-electron chi connectivity index (χ3n) is 0. The number of rotatable bonds is 0. The first-order chi connectivity index (χ1) is 2.94. The summed E-state index contributed by atoms with van der Waals surface area (Å²) in [4.78, 5) is 9.46. The van der Waals surface area contributed by atoms with Gasteiger partial charge in [-0.1, -0.05) is 0 Å². The Hall–Kier alpha value is 0.470. The number of hydrogen-bond donors (Lipinski definition) is 1. The van der Waals surface area contributed by atoms with Crippen LogP contribution in [0.4, 0.5) is 0 Å². The van der Waals surface area contributed by atoms with Crippen molar-refractivity contribution in [2.24, 2.45) is 0 Å². The van der Waals surface area contributed by atoms with Crippen molar-refractivity contribution in [3.63, 3.8) is 0 Å². The summed E-state index contributed by atoms with van der Waals surface area (Å²) in [5.41, 5.74) is 0. The Morgan fingerprint density at radius 3 is 2.40 bits per heavy atom. The third kappa shape index (κ3) is 123. The van der Waals surface area contributed by atoms with Gasteiger partial charge in [0.15, 0.2) is 0 Å². The molecule has 0 bridgehead atoms. The zero-order valence-electron chi connectivity index (χ0n) is 5.86. The maximum Gasteiger partial charge on any atom is 0.300 e. The van der Waals surface area contributed by atoms with Gasteiger partial charge in [0.25, 0.3) is 5.97 Å². The molecule has 0 atom stereocenters. The van der Waals surface area contributed by atoms with Crippen LogP contribution in [0, 0.1) is 0 Å². The van der Waals surface area contributed by atoms with E-state index < -0.39 is 12.8 Å². The molecule has 0 unspecified atom stereocenters. The van der Waals surface area contributed by atoms with Crippen molar-refractivity contribution >= 4 is 35.5 Å². The molecule has 25 valence electrons. The minimum Gasteiger partial charge on any atom is -0.481 e. The van der Waals surface area contributed by atoms with Gasteiger partial charge < -0.3 is 5.11 Å². The van der Waals surface area contributed by atoms with Crippen molar-refractivity contribution < 1.29 is 14.0 Å². The molecular weight excluding hydrogens is 80.0 g/mol. The van der Waals surface area contributed by atoms with Crippen LogP contribution in [0.2, 0.25) is 0 Å². The van der Waals surface area contributed by atoms with E-state index in [0.717, 1.165) is 0 Å². The number of carboxylic acids is 1. The van der Waals surface area contributed by atoms with Gasteiger partial charge in [0.1, 0.15) is 0 Å². The smallest absolute Gasteiger partial charge is 0.300 e. The Bertz CT molecular complexity index is 87.8. The molecular formula is C2H4NaO2. The van der Waals surface area contributed by atoms with Crippen LogP contribution in [0.5, 0.6) is 0 Å². The zero-order valence-corrected chi connectivity index (χ0v) is 4.86. The van der Waals surface area contributed by atoms with Crippen molar-refractivity contribution in [1.29, 1.82) is 0 Å². The van der Waals surface area contributed by atoms with Gasteiger partial charge in [0.2, 0.25) is 0 Å². The molecule has 3 heteroatoms. The molecule has 0 amide bonds. The van der Waals surface area contributed by atoms with Crippen LogP contribution in [0.15, 0.2) is 0 Å². The van der Waals surface area contributed by atoms with Gasteiger partial charge >= 0.3 is 0 Å². The first-order valence-corrected chi connectivity index (χ1v) is 0.678. The standard InChI is InChI=1S/C2H4O2.Na/c1-2(3)4;/h1H3,(H,3,4);/i1+1D3;. The van der Waals surface area contributed by atoms with Crippen LogP contribution in [0.25, 0.3) is 0 Å². The maximum atomic E-state index is 9.46. The molecule has 0 saturated heterocycles. The largest absolute Gasteiger partial charge is 0.481 e. The summed E-state index contributed by atoms with van der Waals surface area (Å²) in [6.07, 6.45) is 0. The molecule has 0 aliphatic carbocycles. The molecule has 0 aliphatic rings. The van der Waals surface area contributed by atoms with Crippen LogP contribution >= 0.6 is 0 Å². The molecule has 0 fully saturated rings. The summed E-state index contributed by atoms with van der Waals surface area (Å²) >= 11 is 0. The second-order valence-corrected chi connectivity index (χ2v) is 0.305. The Morgan fingerprint density at radius 2 is 2.40 bits per heavy atom. The Kier molecular flexibility index (Phi) is 2.33. The van der Waals surface area contributed by atoms with Gasteiger partial charge in [0.05, 0.1) is 0 Å². The Balaban J connectivity index is 0. The van der Waals surface area contributed by atoms with E-state index >= 15 is 0 Å². The van der Waals surface area contributed by atoms with Crippen molar-refractivity contribution in [3.05, 3.63) is 0 Å². The normalized spacial score (nSPS) is 16.4. The molecule has 0 spiro atoms. The van der Waals surface area contributed by atoms with Gasteiger partial charge in [-0.25, -0.2) is 0 Å². The summed E-state index contributed by atoms with van der Waals surface area (Å²) in [6.45, 7) is -2.83. The molecule has 0 aliphatic heterocycles. The van der Waals surface area contributed by atoms with E-state index in [1.807, 2.05) is 0 Å². The van der Waals surface area contributed by atoms with Gasteiger partial charge in [0, 0.05) is 40.5 Å². The minimum absolute atomic E-state index is 0. The number of aliphatic carboxylic acids is 1. The van der Waals surface area contributed by atoms with Gasteiger partial charge in [-0.2, -0.15) is 0 Å². The van der Waals surface area contributed by atoms with Crippen molar-refractivity contribution in [3.8, 4) is 0 Å². The summed E-state index contributed by atoms with van der Waals surface area (Å²) in [5.74, 6) is -1.76. The zero-order chi connectivity index (χ0) is 6.08. The van der Waals surface area contributed by atoms with E-state index in [2.05, 4.69) is 0 Å². The topological polar surface area (TPSA) is 37.3 Å². The van der Waals surface area contributed by atoms with E-state index in [-0.39, 0.29) is 29.6 Å². The van der Waals surface area contributed by atoms with E-state index in [9.17, 15) is 4.79 Å². The molecule has 0 aromatic carbocycles. The van der Waals surface area contributed by atoms with Crippen molar-refractivity contribution in [1.82, 2.24) is 0 Å². The Morgan fingerprint density at radius 1 is 2.20 bits per heavy atom. The van der Waals surface area contributed by atoms with Crippen LogP contribution in [0.1, 0.15) is 11.0 Å². The van der Waals surface area contributed by atoms with Crippen LogP contribution in [-0.2, 0) is 4.79 Å². The molecule has 0 saturated carbocycles. The van der Waals surface area contributed by atoms with Crippen LogP contribution < -0.4 is 0 Å². The summed E-state index contributed by atoms with van der Waals surface area (Å²) in [7, 11) is 0. The fourth-order valence-electron chi connectivity index (χ4n) is 0. The monoisotopic (exact) mass is 87.0 g/mol. The van der Waals surface area contributed by atoms with E-state index in [1.54, 1.807) is 0 Å². The third-order valence-corrected chi connectivity index (χ3v) is 0. The summed E-state index contributed by atoms with van der Waals surface area (Å²) in [6, 6.07) is 0. The molecule has 0 heterocycles. The summed E-state index contributed by atoms with van der Waals surface area (Å²) in [5, 5.41) is 7.69. The predicted molar refractivity (Wildman–Crippen MR) is 19.1 cm³/mol. The van der Waals surface area contributed by atoms with E-state index in [4.69, 9.17) is 9.22 Å². The Labute approximate surface area is 56.7 Å². The average Bonchev–Trinajstić information content (AvgIpc) is 1.31. The number of carboxylic acid groups (broad SMARTS) is 1. The first-order valence-electron chi connectivity index (χ1n) is 2.18. The van der Waals surface area contributed by atoms with Crippen LogP contribution in [0.3, 0.4) is 0 Å². The van der Waals surface area contributed by atoms with Crippen molar-refractivity contribution in [2.75, 3.05) is 0 Å². The van der Waals surface area contributed by atoms with E-state index in [0.29, 0.717) is 0 Å². The fourth-order valence-corrected chi connectivity index (χ4v) is 0. The van der Waals surface area contributed by atoms with Crippen LogP contribution in [-0.4, -0.2) is 40.6 Å². The second-order valence-electron chi connectivity index (χ2n) is 0.305. The van der Waals surface area contributed by atoms with E-state index in [1.165, 1.54) is 0 Å². The van der Waals surface area contributed by atoms with Gasteiger partial charge in [-0.05, 0) is 0 Å². The number of hydrogen-bond acceptors (Lipinski definition) is 1. The second kappa shape index (κ2) is 4.47. The fraction of sp³-hybridized carbons (Fsp3) is 0.500. The van der Waals surface area contributed by atoms with Gasteiger partial charge in [-0.3, -0.25) is 4.79 Å². The number of carbonyl (C=O) groups is 1. The molecule has 0 aromatic heterocycles. The van der Waals surface area contributed by atoms with Crippen molar-refractivity contribution in [2.45, 2.75) is 6.85 Å². The molecule has 0 rings (SSSR count). The minimum atomic E-state index is -2.83. The summed E-state index contributed by atoms with van der Waals surface area (Å²) < 4.78 is 18.4. The molecule has 2 nitrogen and oxygen atoms in total. The quantitative estimate of drug-likeness (QED) is 0.325. The molecule has 5 heavy (non-hydrogen) atoms. The van der Waals surface area contributed by atoms with Gasteiger partial charge in [-0.15, -0.1) is 0 Å². The first kappa shape index (κ1) is 2.61. The average molecular weight is 87.1 g/mol. The predicted octanol–water partition coefficient (Wildman–Crippen LogP) is -0.290. The molecule has 0 aromatic rings.